The Bertz CT molecular complexity index is 1020. The van der Waals surface area contributed by atoms with Crippen LogP contribution in [0.25, 0.3) is 10.2 Å². The van der Waals surface area contributed by atoms with E-state index in [0.717, 1.165) is 6.42 Å². The molecule has 1 heterocycles. The van der Waals surface area contributed by atoms with Crippen molar-refractivity contribution in [1.29, 1.82) is 0 Å². The molecule has 0 aliphatic heterocycles. The maximum Gasteiger partial charge on any atom is 0.279 e. The quantitative estimate of drug-likeness (QED) is 0.523. The molecule has 3 aromatic rings. The van der Waals surface area contributed by atoms with E-state index in [1.165, 1.54) is 41.7 Å². The third-order valence-electron chi connectivity index (χ3n) is 3.62. The van der Waals surface area contributed by atoms with E-state index in [9.17, 15) is 19.3 Å². The summed E-state index contributed by atoms with van der Waals surface area (Å²) in [6, 6.07) is 10.0. The monoisotopic (exact) mass is 359 g/mol. The number of fused-ring (bicyclic) bond motifs is 1. The van der Waals surface area contributed by atoms with Gasteiger partial charge in [-0.15, -0.1) is 0 Å². The molecule has 0 aliphatic carbocycles. The summed E-state index contributed by atoms with van der Waals surface area (Å²) in [5.41, 5.74) is 0.581. The number of para-hydroxylation sites is 1. The zero-order valence-electron chi connectivity index (χ0n) is 13.3. The summed E-state index contributed by atoms with van der Waals surface area (Å²) < 4.78 is 16.6. The maximum absolute atomic E-state index is 14.2. The van der Waals surface area contributed by atoms with Gasteiger partial charge in [-0.05, 0) is 30.7 Å². The number of hydrogen-bond acceptors (Lipinski definition) is 4. The molecule has 1 amide bonds. The second kappa shape index (κ2) is 6.94. The third-order valence-corrected chi connectivity index (χ3v) is 4.66. The fourth-order valence-electron chi connectivity index (χ4n) is 2.48. The van der Waals surface area contributed by atoms with Crippen molar-refractivity contribution >= 4 is 33.1 Å². The lowest BCUT2D eigenvalue weighted by molar-refractivity contribution is -0.384. The van der Waals surface area contributed by atoms with Crippen LogP contribution in [-0.4, -0.2) is 15.4 Å². The second-order valence-corrected chi connectivity index (χ2v) is 6.35. The molecule has 128 valence electrons. The Morgan fingerprint density at radius 2 is 2.00 bits per heavy atom. The first-order chi connectivity index (χ1) is 12.0. The van der Waals surface area contributed by atoms with Crippen LogP contribution in [0.4, 0.5) is 10.1 Å². The van der Waals surface area contributed by atoms with E-state index in [-0.39, 0.29) is 17.1 Å². The van der Waals surface area contributed by atoms with Crippen molar-refractivity contribution in [3.05, 3.63) is 68.8 Å². The van der Waals surface area contributed by atoms with Gasteiger partial charge in [0.1, 0.15) is 5.82 Å². The van der Waals surface area contributed by atoms with Crippen molar-refractivity contribution in [3.63, 3.8) is 0 Å². The SMILES string of the molecule is CCCn1c(=NC(=O)c2ccc([N+](=O)[O-])cc2)sc2cccc(F)c21. The Morgan fingerprint density at radius 3 is 2.64 bits per heavy atom. The normalized spacial score (nSPS) is 11.8. The Kier molecular flexibility index (Phi) is 4.71. The number of nitro groups is 1. The molecule has 0 aliphatic rings. The summed E-state index contributed by atoms with van der Waals surface area (Å²) in [6.07, 6.45) is 0.763. The summed E-state index contributed by atoms with van der Waals surface area (Å²) in [5.74, 6) is -0.877. The van der Waals surface area contributed by atoms with Crippen LogP contribution in [0.3, 0.4) is 0 Å². The summed E-state index contributed by atoms with van der Waals surface area (Å²) in [7, 11) is 0. The van der Waals surface area contributed by atoms with Gasteiger partial charge in [0, 0.05) is 24.2 Å². The highest BCUT2D eigenvalue weighted by Crippen LogP contribution is 2.21. The number of carbonyl (C=O) groups is 1. The van der Waals surface area contributed by atoms with Crippen molar-refractivity contribution in [2.24, 2.45) is 4.99 Å². The van der Waals surface area contributed by atoms with Crippen molar-refractivity contribution in [2.45, 2.75) is 19.9 Å². The molecule has 0 atom stereocenters. The first-order valence-electron chi connectivity index (χ1n) is 7.62. The highest BCUT2D eigenvalue weighted by Gasteiger charge is 2.13. The van der Waals surface area contributed by atoms with Crippen LogP contribution in [0, 0.1) is 15.9 Å². The number of non-ortho nitro benzene ring substituents is 1. The van der Waals surface area contributed by atoms with Gasteiger partial charge in [-0.1, -0.05) is 24.3 Å². The van der Waals surface area contributed by atoms with E-state index in [4.69, 9.17) is 0 Å². The van der Waals surface area contributed by atoms with Crippen LogP contribution in [0.1, 0.15) is 23.7 Å². The number of aryl methyl sites for hydroxylation is 1. The number of aromatic nitrogens is 1. The molecule has 1 aromatic heterocycles. The zero-order valence-corrected chi connectivity index (χ0v) is 14.1. The number of benzene rings is 2. The van der Waals surface area contributed by atoms with E-state index in [0.29, 0.717) is 21.6 Å². The van der Waals surface area contributed by atoms with Crippen molar-refractivity contribution in [2.75, 3.05) is 0 Å². The van der Waals surface area contributed by atoms with Crippen molar-refractivity contribution in [1.82, 2.24) is 4.57 Å². The van der Waals surface area contributed by atoms with Gasteiger partial charge in [-0.25, -0.2) is 4.39 Å². The number of thiazole rings is 1. The maximum atomic E-state index is 14.2. The molecule has 25 heavy (non-hydrogen) atoms. The second-order valence-electron chi connectivity index (χ2n) is 5.34. The minimum absolute atomic E-state index is 0.0958. The van der Waals surface area contributed by atoms with Crippen molar-refractivity contribution in [3.8, 4) is 0 Å². The molecule has 0 saturated carbocycles. The van der Waals surface area contributed by atoms with Crippen LogP contribution in [0.15, 0.2) is 47.5 Å². The molecule has 8 heteroatoms. The number of nitrogens with zero attached hydrogens (tertiary/aromatic N) is 3. The fourth-order valence-corrected chi connectivity index (χ4v) is 3.55. The first-order valence-corrected chi connectivity index (χ1v) is 8.44. The molecule has 0 fully saturated rings. The molecule has 0 unspecified atom stereocenters. The molecule has 0 saturated heterocycles. The lowest BCUT2D eigenvalue weighted by Crippen LogP contribution is -2.17. The standard InChI is InChI=1S/C17H14FN3O3S/c1-2-10-20-15-13(18)4-3-5-14(15)25-17(20)19-16(22)11-6-8-12(9-7-11)21(23)24/h3-9H,2,10H2,1H3. The Balaban J connectivity index is 2.08. The van der Waals surface area contributed by atoms with Gasteiger partial charge in [-0.3, -0.25) is 14.9 Å². The Hall–Kier alpha value is -2.87. The largest absolute Gasteiger partial charge is 0.314 e. The molecule has 0 spiro atoms. The summed E-state index contributed by atoms with van der Waals surface area (Å²) in [5, 5.41) is 10.7. The molecule has 0 bridgehead atoms. The zero-order chi connectivity index (χ0) is 18.0. The number of rotatable bonds is 4. The van der Waals surface area contributed by atoms with E-state index < -0.39 is 10.8 Å². The smallest absolute Gasteiger partial charge is 0.279 e. The summed E-state index contributed by atoms with van der Waals surface area (Å²) in [4.78, 5) is 27.0. The Morgan fingerprint density at radius 1 is 1.28 bits per heavy atom. The van der Waals surface area contributed by atoms with Crippen molar-refractivity contribution < 1.29 is 14.1 Å². The van der Waals surface area contributed by atoms with Gasteiger partial charge in [0.25, 0.3) is 11.6 Å². The van der Waals surface area contributed by atoms with Gasteiger partial charge in [0.2, 0.25) is 0 Å². The van der Waals surface area contributed by atoms with E-state index in [2.05, 4.69) is 4.99 Å². The fraction of sp³-hybridized carbons (Fsp3) is 0.176. The van der Waals surface area contributed by atoms with Gasteiger partial charge in [0.05, 0.1) is 15.1 Å². The number of halogens is 1. The molecular formula is C17H14FN3O3S. The lowest BCUT2D eigenvalue weighted by atomic mass is 10.2. The minimum atomic E-state index is -0.532. The molecule has 6 nitrogen and oxygen atoms in total. The van der Waals surface area contributed by atoms with E-state index >= 15 is 0 Å². The van der Waals surface area contributed by atoms with Gasteiger partial charge < -0.3 is 4.57 Å². The van der Waals surface area contributed by atoms with Crippen LogP contribution in [0.5, 0.6) is 0 Å². The molecule has 2 aromatic carbocycles. The van der Waals surface area contributed by atoms with E-state index in [1.54, 1.807) is 16.7 Å². The summed E-state index contributed by atoms with van der Waals surface area (Å²) >= 11 is 1.24. The number of nitro benzene ring substituents is 1. The molecule has 0 N–H and O–H groups in total. The number of hydrogen-bond donors (Lipinski definition) is 0. The predicted molar refractivity (Wildman–Crippen MR) is 93.1 cm³/mol. The van der Waals surface area contributed by atoms with E-state index in [1.807, 2.05) is 6.92 Å². The first kappa shape index (κ1) is 17.0. The van der Waals surface area contributed by atoms with Crippen LogP contribution >= 0.6 is 11.3 Å². The molecule has 0 radical (unpaired) electrons. The third kappa shape index (κ3) is 3.34. The number of carbonyl (C=O) groups excluding carboxylic acids is 1. The highest BCUT2D eigenvalue weighted by molar-refractivity contribution is 7.16. The Labute approximate surface area is 146 Å². The van der Waals surface area contributed by atoms with Crippen LogP contribution < -0.4 is 4.80 Å². The van der Waals surface area contributed by atoms with Gasteiger partial charge in [-0.2, -0.15) is 4.99 Å². The van der Waals surface area contributed by atoms with Gasteiger partial charge in [0.15, 0.2) is 4.80 Å². The topological polar surface area (TPSA) is 77.5 Å². The molecular weight excluding hydrogens is 345 g/mol. The summed E-state index contributed by atoms with van der Waals surface area (Å²) in [6.45, 7) is 2.49. The average Bonchev–Trinajstić information content (AvgIpc) is 2.94. The minimum Gasteiger partial charge on any atom is -0.314 e. The highest BCUT2D eigenvalue weighted by atomic mass is 32.1. The van der Waals surface area contributed by atoms with Crippen LogP contribution in [-0.2, 0) is 6.54 Å². The lowest BCUT2D eigenvalue weighted by Gasteiger charge is -2.03. The molecule has 3 rings (SSSR count). The van der Waals surface area contributed by atoms with Gasteiger partial charge >= 0.3 is 0 Å². The van der Waals surface area contributed by atoms with Crippen LogP contribution in [0.2, 0.25) is 0 Å². The average molecular weight is 359 g/mol. The predicted octanol–water partition coefficient (Wildman–Crippen LogP) is 3.90. The number of amides is 1.